The molecule has 5 nitrogen and oxygen atoms in total. The van der Waals surface area contributed by atoms with Gasteiger partial charge in [-0.25, -0.2) is 0 Å². The lowest BCUT2D eigenvalue weighted by atomic mass is 10.0. The number of methoxy groups -OCH3 is 2. The van der Waals surface area contributed by atoms with Crippen LogP contribution in [0.5, 0.6) is 11.5 Å². The van der Waals surface area contributed by atoms with Crippen molar-refractivity contribution in [2.75, 3.05) is 20.8 Å². The summed E-state index contributed by atoms with van der Waals surface area (Å²) in [6.07, 6.45) is 1.77. The van der Waals surface area contributed by atoms with E-state index in [4.69, 9.17) is 9.47 Å². The number of hydrogen-bond acceptors (Lipinski definition) is 6. The van der Waals surface area contributed by atoms with Gasteiger partial charge in [0.2, 0.25) is 0 Å². The molecule has 0 spiro atoms. The number of aromatic nitrogens is 2. The third-order valence-corrected chi connectivity index (χ3v) is 3.55. The van der Waals surface area contributed by atoms with Gasteiger partial charge in [-0.3, -0.25) is 0 Å². The van der Waals surface area contributed by atoms with E-state index < -0.39 is 0 Å². The maximum absolute atomic E-state index is 5.44. The first kappa shape index (κ1) is 13.8. The fourth-order valence-corrected chi connectivity index (χ4v) is 2.53. The average molecular weight is 279 g/mol. The summed E-state index contributed by atoms with van der Waals surface area (Å²) in [4.78, 5) is 1.05. The van der Waals surface area contributed by atoms with E-state index in [1.165, 1.54) is 11.5 Å². The Bertz CT molecular complexity index is 517. The minimum atomic E-state index is 0.00931. The maximum Gasteiger partial charge on any atom is 0.124 e. The van der Waals surface area contributed by atoms with Crippen LogP contribution in [0, 0.1) is 0 Å². The van der Waals surface area contributed by atoms with E-state index in [9.17, 15) is 0 Å². The van der Waals surface area contributed by atoms with Gasteiger partial charge in [-0.15, -0.1) is 5.10 Å². The highest BCUT2D eigenvalue weighted by Crippen LogP contribution is 2.33. The van der Waals surface area contributed by atoms with Crippen LogP contribution in [-0.4, -0.2) is 30.4 Å². The molecule has 0 saturated heterocycles. The Kier molecular flexibility index (Phi) is 4.70. The van der Waals surface area contributed by atoms with Gasteiger partial charge in [0, 0.05) is 5.56 Å². The summed E-state index contributed by atoms with van der Waals surface area (Å²) in [5.74, 6) is 1.62. The molecule has 0 radical (unpaired) electrons. The molecule has 0 aliphatic heterocycles. The second kappa shape index (κ2) is 6.49. The smallest absolute Gasteiger partial charge is 0.124 e. The predicted octanol–water partition coefficient (Wildman–Crippen LogP) is 2.25. The number of rotatable bonds is 6. The molecule has 0 fully saturated rings. The summed E-state index contributed by atoms with van der Waals surface area (Å²) in [5, 5.41) is 7.33. The Morgan fingerprint density at radius 2 is 2.16 bits per heavy atom. The molecule has 1 atom stereocenters. The average Bonchev–Trinajstić information content (AvgIpc) is 2.98. The van der Waals surface area contributed by atoms with E-state index in [-0.39, 0.29) is 6.04 Å². The summed E-state index contributed by atoms with van der Waals surface area (Å²) < 4.78 is 14.7. The zero-order valence-corrected chi connectivity index (χ0v) is 12.0. The van der Waals surface area contributed by atoms with Crippen molar-refractivity contribution in [3.63, 3.8) is 0 Å². The number of hydrogen-bond donors (Lipinski definition) is 1. The molecular formula is C13H17N3O2S. The van der Waals surface area contributed by atoms with E-state index in [1.807, 2.05) is 18.2 Å². The number of ether oxygens (including phenoxy) is 2. The molecule has 0 amide bonds. The van der Waals surface area contributed by atoms with Crippen LogP contribution in [0.1, 0.15) is 23.4 Å². The topological polar surface area (TPSA) is 56.3 Å². The van der Waals surface area contributed by atoms with Crippen molar-refractivity contribution in [1.82, 2.24) is 14.9 Å². The zero-order valence-electron chi connectivity index (χ0n) is 11.2. The van der Waals surface area contributed by atoms with Gasteiger partial charge in [0.1, 0.15) is 11.5 Å². The molecule has 1 heterocycles. The fraction of sp³-hybridized carbons (Fsp3) is 0.385. The van der Waals surface area contributed by atoms with Crippen LogP contribution in [0.25, 0.3) is 0 Å². The predicted molar refractivity (Wildman–Crippen MR) is 75.0 cm³/mol. The summed E-state index contributed by atoms with van der Waals surface area (Å²) >= 11 is 1.38. The van der Waals surface area contributed by atoms with Crippen LogP contribution < -0.4 is 14.8 Å². The van der Waals surface area contributed by atoms with E-state index in [2.05, 4.69) is 21.8 Å². The SMILES string of the molecule is CCNC(c1cnns1)c1cc(OC)ccc1OC. The monoisotopic (exact) mass is 279 g/mol. The Hall–Kier alpha value is -1.66. The van der Waals surface area contributed by atoms with Gasteiger partial charge in [0.15, 0.2) is 0 Å². The number of benzene rings is 1. The summed E-state index contributed by atoms with van der Waals surface area (Å²) in [6, 6.07) is 5.78. The Morgan fingerprint density at radius 1 is 1.32 bits per heavy atom. The molecule has 1 unspecified atom stereocenters. The van der Waals surface area contributed by atoms with Crippen LogP contribution in [0.4, 0.5) is 0 Å². The van der Waals surface area contributed by atoms with Crippen LogP contribution in [0.3, 0.4) is 0 Å². The highest BCUT2D eigenvalue weighted by molar-refractivity contribution is 7.05. The molecule has 1 aromatic carbocycles. The van der Waals surface area contributed by atoms with Crippen molar-refractivity contribution >= 4 is 11.5 Å². The van der Waals surface area contributed by atoms with Crippen LogP contribution in [-0.2, 0) is 0 Å². The maximum atomic E-state index is 5.44. The highest BCUT2D eigenvalue weighted by atomic mass is 32.1. The quantitative estimate of drug-likeness (QED) is 0.879. The standard InChI is InChI=1S/C13H17N3O2S/c1-4-14-13(12-8-15-16-19-12)10-7-9(17-2)5-6-11(10)18-3/h5-8,13-14H,4H2,1-3H3. The molecular weight excluding hydrogens is 262 g/mol. The Balaban J connectivity index is 2.45. The van der Waals surface area contributed by atoms with E-state index >= 15 is 0 Å². The van der Waals surface area contributed by atoms with E-state index in [0.717, 1.165) is 28.5 Å². The molecule has 6 heteroatoms. The Morgan fingerprint density at radius 3 is 2.74 bits per heavy atom. The lowest BCUT2D eigenvalue weighted by molar-refractivity contribution is 0.394. The normalized spacial score (nSPS) is 12.2. The van der Waals surface area contributed by atoms with Gasteiger partial charge in [-0.1, -0.05) is 11.4 Å². The lowest BCUT2D eigenvalue weighted by Gasteiger charge is -2.19. The first-order valence-electron chi connectivity index (χ1n) is 6.02. The van der Waals surface area contributed by atoms with E-state index in [1.54, 1.807) is 20.4 Å². The second-order valence-corrected chi connectivity index (χ2v) is 4.74. The summed E-state index contributed by atoms with van der Waals surface area (Å²) in [7, 11) is 3.32. The summed E-state index contributed by atoms with van der Waals surface area (Å²) in [5.41, 5.74) is 1.02. The molecule has 1 N–H and O–H groups in total. The minimum Gasteiger partial charge on any atom is -0.497 e. The van der Waals surface area contributed by atoms with Gasteiger partial charge in [0.25, 0.3) is 0 Å². The molecule has 102 valence electrons. The first-order chi connectivity index (χ1) is 9.30. The molecule has 1 aromatic heterocycles. The number of nitrogens with zero attached hydrogens (tertiary/aromatic N) is 2. The van der Waals surface area contributed by atoms with Crippen LogP contribution >= 0.6 is 11.5 Å². The third-order valence-electron chi connectivity index (χ3n) is 2.82. The van der Waals surface area contributed by atoms with Crippen molar-refractivity contribution in [3.05, 3.63) is 34.8 Å². The van der Waals surface area contributed by atoms with E-state index in [0.29, 0.717) is 0 Å². The first-order valence-corrected chi connectivity index (χ1v) is 6.80. The Labute approximate surface area is 116 Å². The largest absolute Gasteiger partial charge is 0.497 e. The minimum absolute atomic E-state index is 0.00931. The summed E-state index contributed by atoms with van der Waals surface area (Å²) in [6.45, 7) is 2.90. The lowest BCUT2D eigenvalue weighted by Crippen LogP contribution is -2.21. The molecule has 0 aliphatic carbocycles. The second-order valence-electron chi connectivity index (χ2n) is 3.92. The van der Waals surface area contributed by atoms with Gasteiger partial charge in [-0.05, 0) is 36.3 Å². The molecule has 2 rings (SSSR count). The molecule has 0 saturated carbocycles. The zero-order chi connectivity index (χ0) is 13.7. The van der Waals surface area contributed by atoms with Crippen molar-refractivity contribution in [2.45, 2.75) is 13.0 Å². The van der Waals surface area contributed by atoms with Gasteiger partial charge in [-0.2, -0.15) is 0 Å². The third kappa shape index (κ3) is 3.02. The van der Waals surface area contributed by atoms with Gasteiger partial charge < -0.3 is 14.8 Å². The van der Waals surface area contributed by atoms with Gasteiger partial charge in [0.05, 0.1) is 31.3 Å². The molecule has 0 bridgehead atoms. The molecule has 19 heavy (non-hydrogen) atoms. The van der Waals surface area contributed by atoms with Crippen molar-refractivity contribution < 1.29 is 9.47 Å². The molecule has 0 aliphatic rings. The molecule has 2 aromatic rings. The fourth-order valence-electron chi connectivity index (χ4n) is 1.93. The van der Waals surface area contributed by atoms with Crippen LogP contribution in [0.15, 0.2) is 24.4 Å². The van der Waals surface area contributed by atoms with Gasteiger partial charge >= 0.3 is 0 Å². The number of nitrogens with one attached hydrogen (secondary N) is 1. The van der Waals surface area contributed by atoms with Crippen molar-refractivity contribution in [2.24, 2.45) is 0 Å². The van der Waals surface area contributed by atoms with Crippen molar-refractivity contribution in [3.8, 4) is 11.5 Å². The van der Waals surface area contributed by atoms with Crippen LogP contribution in [0.2, 0.25) is 0 Å². The van der Waals surface area contributed by atoms with Crippen molar-refractivity contribution in [1.29, 1.82) is 0 Å². The highest BCUT2D eigenvalue weighted by Gasteiger charge is 2.20.